The topological polar surface area (TPSA) is 80.9 Å². The van der Waals surface area contributed by atoms with E-state index in [0.717, 1.165) is 37.3 Å². The fourth-order valence-corrected chi connectivity index (χ4v) is 8.13. The van der Waals surface area contributed by atoms with Crippen LogP contribution in [0, 0.1) is 34.5 Å². The van der Waals surface area contributed by atoms with E-state index in [4.69, 9.17) is 9.25 Å². The van der Waals surface area contributed by atoms with E-state index in [-0.39, 0.29) is 29.3 Å². The monoisotopic (exact) mass is 466 g/mol. The quantitative estimate of drug-likeness (QED) is 0.566. The lowest BCUT2D eigenvalue weighted by Crippen LogP contribution is -2.51. The first kappa shape index (κ1) is 23.4. The van der Waals surface area contributed by atoms with Crippen molar-refractivity contribution in [2.24, 2.45) is 39.7 Å². The van der Waals surface area contributed by atoms with Gasteiger partial charge in [-0.3, -0.25) is 9.59 Å². The van der Waals surface area contributed by atoms with Gasteiger partial charge in [-0.25, -0.2) is 0 Å². The number of nitrogens with one attached hydrogen (secondary N) is 1. The van der Waals surface area contributed by atoms with E-state index in [1.54, 1.807) is 19.3 Å². The predicted octanol–water partition coefficient (Wildman–Crippen LogP) is 5.44. The van der Waals surface area contributed by atoms with Crippen molar-refractivity contribution in [1.82, 2.24) is 5.32 Å². The average molecular weight is 467 g/mol. The molecule has 0 spiro atoms. The molecule has 184 valence electrons. The highest BCUT2D eigenvalue weighted by Crippen LogP contribution is 2.66. The van der Waals surface area contributed by atoms with Gasteiger partial charge in [-0.15, -0.1) is 0 Å². The lowest BCUT2D eigenvalue weighted by Gasteiger charge is -2.58. The van der Waals surface area contributed by atoms with Crippen LogP contribution in [-0.2, 0) is 21.0 Å². The molecule has 0 unspecified atom stereocenters. The van der Waals surface area contributed by atoms with Crippen LogP contribution in [0.15, 0.2) is 39.6 Å². The van der Waals surface area contributed by atoms with Crippen molar-refractivity contribution in [2.75, 3.05) is 6.61 Å². The van der Waals surface area contributed by atoms with Gasteiger partial charge in [0.1, 0.15) is 11.5 Å². The van der Waals surface area contributed by atoms with Crippen molar-refractivity contribution < 1.29 is 18.8 Å². The minimum Gasteiger partial charge on any atom is -0.467 e. The summed E-state index contributed by atoms with van der Waals surface area (Å²) in [6, 6.07) is 3.62. The van der Waals surface area contributed by atoms with E-state index < -0.39 is 0 Å². The van der Waals surface area contributed by atoms with Gasteiger partial charge in [-0.2, -0.15) is 0 Å². The molecular formula is C28H38N2O4. The molecule has 0 saturated heterocycles. The lowest BCUT2D eigenvalue weighted by molar-refractivity contribution is -0.128. The maximum atomic E-state index is 12.3. The van der Waals surface area contributed by atoms with Crippen molar-refractivity contribution in [3.05, 3.63) is 35.8 Å². The van der Waals surface area contributed by atoms with Crippen LogP contribution in [0.1, 0.15) is 77.9 Å². The fraction of sp³-hybridized carbons (Fsp3) is 0.679. The number of amides is 1. The highest BCUT2D eigenvalue weighted by molar-refractivity contribution is 5.96. The molecule has 5 rings (SSSR count). The van der Waals surface area contributed by atoms with Crippen LogP contribution in [-0.4, -0.2) is 24.0 Å². The van der Waals surface area contributed by atoms with E-state index in [1.807, 2.05) is 6.07 Å². The van der Waals surface area contributed by atoms with Crippen molar-refractivity contribution in [2.45, 2.75) is 78.7 Å². The number of fused-ring (bicyclic) bond motifs is 5. The van der Waals surface area contributed by atoms with Gasteiger partial charge in [0.25, 0.3) is 5.91 Å². The summed E-state index contributed by atoms with van der Waals surface area (Å²) >= 11 is 0. The molecule has 0 aliphatic heterocycles. The smallest absolute Gasteiger partial charge is 0.261 e. The van der Waals surface area contributed by atoms with Crippen molar-refractivity contribution in [3.63, 3.8) is 0 Å². The van der Waals surface area contributed by atoms with Crippen molar-refractivity contribution >= 4 is 17.4 Å². The van der Waals surface area contributed by atoms with Gasteiger partial charge in [0.15, 0.2) is 6.61 Å². The minimum absolute atomic E-state index is 0.0904. The molecule has 6 nitrogen and oxygen atoms in total. The first-order chi connectivity index (χ1) is 16.3. The summed E-state index contributed by atoms with van der Waals surface area (Å²) in [6.45, 7) is 6.95. The van der Waals surface area contributed by atoms with Crippen LogP contribution in [0.3, 0.4) is 0 Å². The Morgan fingerprint density at radius 1 is 1.15 bits per heavy atom. The zero-order valence-electron chi connectivity index (χ0n) is 20.8. The molecular weight excluding hydrogens is 428 g/mol. The number of oxime groups is 1. The number of rotatable bonds is 6. The Morgan fingerprint density at radius 2 is 2.00 bits per heavy atom. The molecule has 1 aromatic rings. The summed E-state index contributed by atoms with van der Waals surface area (Å²) < 4.78 is 5.22. The minimum atomic E-state index is -0.208. The number of allylic oxidation sites excluding steroid dienone is 2. The molecule has 1 heterocycles. The summed E-state index contributed by atoms with van der Waals surface area (Å²) in [5.41, 5.74) is 2.88. The van der Waals surface area contributed by atoms with Crippen LogP contribution in [0.2, 0.25) is 0 Å². The Hall–Kier alpha value is -2.37. The molecule has 4 aliphatic carbocycles. The standard InChI is InChI=1S/C28H38N2O4/c1-18(31)23-8-9-24-22-7-6-19-15-20(10-12-27(19,2)25(22)11-13-28(23,24)3)30-34-17-26(32)29-16-21-5-4-14-33-21/h4-5,14-15,22-25H,6-13,16-17H2,1-3H3,(H,29,32)/b30-20+/t22-,23-,24+,25-,27-,28+/m0/s1. The van der Waals surface area contributed by atoms with E-state index in [0.29, 0.717) is 29.9 Å². The highest BCUT2D eigenvalue weighted by Gasteiger charge is 2.59. The number of furan rings is 1. The van der Waals surface area contributed by atoms with E-state index in [1.165, 1.54) is 31.3 Å². The van der Waals surface area contributed by atoms with Crippen LogP contribution in [0.5, 0.6) is 0 Å². The van der Waals surface area contributed by atoms with Gasteiger partial charge < -0.3 is 14.6 Å². The second-order valence-electron chi connectivity index (χ2n) is 11.5. The van der Waals surface area contributed by atoms with Crippen LogP contribution in [0.4, 0.5) is 0 Å². The molecule has 34 heavy (non-hydrogen) atoms. The molecule has 1 N–H and O–H groups in total. The molecule has 6 heteroatoms. The number of hydrogen-bond acceptors (Lipinski definition) is 5. The molecule has 0 aromatic carbocycles. The Balaban J connectivity index is 1.21. The molecule has 4 aliphatic rings. The summed E-state index contributed by atoms with van der Waals surface area (Å²) in [7, 11) is 0. The molecule has 0 bridgehead atoms. The Morgan fingerprint density at radius 3 is 2.76 bits per heavy atom. The van der Waals surface area contributed by atoms with Gasteiger partial charge in [-0.05, 0) is 105 Å². The number of hydrogen-bond donors (Lipinski definition) is 1. The zero-order valence-corrected chi connectivity index (χ0v) is 20.8. The molecule has 0 radical (unpaired) electrons. The second kappa shape index (κ2) is 9.01. The first-order valence-electron chi connectivity index (χ1n) is 13.0. The SMILES string of the molecule is CC(=O)[C@@H]1CC[C@@H]2[C@@H]3CCC4=C/C(=N/OCC(=O)NCc5ccco5)CC[C@]4(C)[C@H]3CC[C@@]21C. The predicted molar refractivity (Wildman–Crippen MR) is 130 cm³/mol. The van der Waals surface area contributed by atoms with Crippen molar-refractivity contribution in [3.8, 4) is 0 Å². The molecule has 1 amide bonds. The lowest BCUT2D eigenvalue weighted by atomic mass is 9.46. The molecule has 3 saturated carbocycles. The van der Waals surface area contributed by atoms with Gasteiger partial charge >= 0.3 is 0 Å². The van der Waals surface area contributed by atoms with Gasteiger partial charge in [0.2, 0.25) is 0 Å². The average Bonchev–Trinajstić information content (AvgIpc) is 3.45. The van der Waals surface area contributed by atoms with E-state index in [2.05, 4.69) is 30.4 Å². The van der Waals surface area contributed by atoms with Gasteiger partial charge in [-0.1, -0.05) is 24.6 Å². The Kier molecular flexibility index (Phi) is 6.19. The fourth-order valence-electron chi connectivity index (χ4n) is 8.13. The zero-order chi connectivity index (χ0) is 23.9. The van der Waals surface area contributed by atoms with Crippen LogP contribution >= 0.6 is 0 Å². The number of Topliss-reactive ketones (excluding diaryl/α,β-unsaturated/α-hetero) is 1. The van der Waals surface area contributed by atoms with E-state index in [9.17, 15) is 9.59 Å². The second-order valence-corrected chi connectivity index (χ2v) is 11.5. The summed E-state index contributed by atoms with van der Waals surface area (Å²) in [4.78, 5) is 29.8. The summed E-state index contributed by atoms with van der Waals surface area (Å²) in [6.07, 6.45) is 12.9. The molecule has 6 atom stereocenters. The Labute approximate surface area is 202 Å². The highest BCUT2D eigenvalue weighted by atomic mass is 16.6. The van der Waals surface area contributed by atoms with Crippen LogP contribution in [0.25, 0.3) is 0 Å². The Bertz CT molecular complexity index is 996. The van der Waals surface area contributed by atoms with Crippen LogP contribution < -0.4 is 5.32 Å². The number of carbonyl (C=O) groups is 2. The maximum Gasteiger partial charge on any atom is 0.261 e. The van der Waals surface area contributed by atoms with Crippen molar-refractivity contribution in [1.29, 1.82) is 0 Å². The first-order valence-corrected chi connectivity index (χ1v) is 13.0. The third-order valence-corrected chi connectivity index (χ3v) is 9.89. The molecule has 3 fully saturated rings. The summed E-state index contributed by atoms with van der Waals surface area (Å²) in [5, 5.41) is 7.08. The third kappa shape index (κ3) is 4.03. The maximum absolute atomic E-state index is 12.3. The third-order valence-electron chi connectivity index (χ3n) is 9.89. The number of nitrogens with zero attached hydrogens (tertiary/aromatic N) is 1. The molecule has 1 aromatic heterocycles. The number of carbonyl (C=O) groups excluding carboxylic acids is 2. The normalized spacial score (nSPS) is 37.9. The number of ketones is 1. The largest absolute Gasteiger partial charge is 0.467 e. The van der Waals surface area contributed by atoms with Gasteiger partial charge in [0, 0.05) is 5.92 Å². The van der Waals surface area contributed by atoms with Gasteiger partial charge in [0.05, 0.1) is 18.5 Å². The van der Waals surface area contributed by atoms with E-state index >= 15 is 0 Å². The summed E-state index contributed by atoms with van der Waals surface area (Å²) in [5.74, 6) is 3.30.